The van der Waals surface area contributed by atoms with Crippen molar-refractivity contribution in [3.8, 4) is 0 Å². The van der Waals surface area contributed by atoms with Gasteiger partial charge < -0.3 is 23.7 Å². The Morgan fingerprint density at radius 1 is 0.508 bits per heavy atom. The van der Waals surface area contributed by atoms with E-state index in [1.165, 1.54) is 80.4 Å². The molecule has 8 atom stereocenters. The number of rotatable bonds is 31. The number of unbranched alkanes of at least 4 members (excludes halogenated alkanes) is 14. The maximum Gasteiger partial charge on any atom is 0.236 e. The van der Waals surface area contributed by atoms with Crippen LogP contribution in [0.2, 0.25) is 0 Å². The summed E-state index contributed by atoms with van der Waals surface area (Å²) in [4.78, 5) is 58.6. The van der Waals surface area contributed by atoms with E-state index in [2.05, 4.69) is 13.8 Å². The second kappa shape index (κ2) is 26.9. The smallest absolute Gasteiger partial charge is 0.236 e. The number of hydrogen-bond donors (Lipinski definition) is 0. The Morgan fingerprint density at radius 2 is 0.951 bits per heavy atom. The fourth-order valence-electron chi connectivity index (χ4n) is 9.20. The van der Waals surface area contributed by atoms with Crippen molar-refractivity contribution in [3.63, 3.8) is 0 Å². The number of hydrogen-bond acceptors (Lipinski definition) is 9. The van der Waals surface area contributed by atoms with Gasteiger partial charge in [-0.15, -0.1) is 0 Å². The van der Waals surface area contributed by atoms with Gasteiger partial charge in [0.1, 0.15) is 0 Å². The number of benzene rings is 1. The molecule has 4 heterocycles. The molecule has 4 aliphatic heterocycles. The largest absolute Gasteiger partial charge is 0.382 e. The molecule has 0 aliphatic carbocycles. The van der Waals surface area contributed by atoms with Crippen molar-refractivity contribution in [1.82, 2.24) is 9.80 Å². The summed E-state index contributed by atoms with van der Waals surface area (Å²) in [5.41, 5.74) is 0.951. The highest BCUT2D eigenvalue weighted by atomic mass is 16.5. The lowest BCUT2D eigenvalue weighted by molar-refractivity contribution is -0.145. The molecule has 4 aliphatic rings. The second-order valence-electron chi connectivity index (χ2n) is 17.1. The summed E-state index contributed by atoms with van der Waals surface area (Å²) in [5, 5.41) is 0. The van der Waals surface area contributed by atoms with E-state index in [9.17, 15) is 19.2 Å². The van der Waals surface area contributed by atoms with E-state index in [1.54, 1.807) is 19.3 Å². The van der Waals surface area contributed by atoms with Gasteiger partial charge in [-0.1, -0.05) is 171 Å². The van der Waals surface area contributed by atoms with Crippen LogP contribution in [-0.4, -0.2) is 111 Å². The van der Waals surface area contributed by atoms with Crippen LogP contribution in [0.5, 0.6) is 0 Å². The van der Waals surface area contributed by atoms with Gasteiger partial charge in [-0.25, -0.2) is 0 Å². The molecule has 4 amide bonds. The van der Waals surface area contributed by atoms with Gasteiger partial charge >= 0.3 is 0 Å². The van der Waals surface area contributed by atoms with E-state index in [1.807, 2.05) is 54.6 Å². The van der Waals surface area contributed by atoms with Crippen molar-refractivity contribution in [2.45, 2.75) is 141 Å². The summed E-state index contributed by atoms with van der Waals surface area (Å²) >= 11 is 0. The summed E-state index contributed by atoms with van der Waals surface area (Å²) in [6, 6.07) is 9.74. The quantitative estimate of drug-likeness (QED) is 0.0412. The molecule has 4 unspecified atom stereocenters. The normalized spacial score (nSPS) is 26.4. The number of allylic oxidation sites excluding steroid dienone is 1. The number of ether oxygens (including phenoxy) is 5. The third kappa shape index (κ3) is 14.0. The van der Waals surface area contributed by atoms with Gasteiger partial charge in [-0.2, -0.15) is 0 Å². The zero-order valence-corrected chi connectivity index (χ0v) is 37.3. The molecule has 0 spiro atoms. The fourth-order valence-corrected chi connectivity index (χ4v) is 9.20. The van der Waals surface area contributed by atoms with E-state index >= 15 is 0 Å². The summed E-state index contributed by atoms with van der Waals surface area (Å²) in [5.74, 6) is -3.67. The van der Waals surface area contributed by atoms with Crippen LogP contribution in [0.3, 0.4) is 0 Å². The molecule has 1 aromatic carbocycles. The first-order valence-electron chi connectivity index (χ1n) is 23.6. The number of fused-ring (bicyclic) bond motifs is 2. The number of imide groups is 2. The summed E-state index contributed by atoms with van der Waals surface area (Å²) in [6.45, 7) is 6.77. The topological polar surface area (TPSA) is 121 Å². The van der Waals surface area contributed by atoms with Crippen LogP contribution in [-0.2, 0) is 42.9 Å². The average molecular weight is 847 g/mol. The van der Waals surface area contributed by atoms with Crippen molar-refractivity contribution >= 4 is 29.7 Å². The number of likely N-dealkylation sites (tertiary alicyclic amines) is 2. The van der Waals surface area contributed by atoms with Gasteiger partial charge in [-0.3, -0.25) is 29.0 Å². The molecule has 11 heteroatoms. The second-order valence-corrected chi connectivity index (χ2v) is 17.1. The van der Waals surface area contributed by atoms with E-state index in [0.717, 1.165) is 37.7 Å². The number of carbonyl (C=O) groups excluding carboxylic acids is 4. The molecule has 0 N–H and O–H groups in total. The summed E-state index contributed by atoms with van der Waals surface area (Å²) in [6.07, 6.45) is 27.9. The summed E-state index contributed by atoms with van der Waals surface area (Å²) < 4.78 is 29.1. The molecule has 61 heavy (non-hydrogen) atoms. The first-order valence-corrected chi connectivity index (χ1v) is 23.6. The van der Waals surface area contributed by atoms with Gasteiger partial charge in [0.2, 0.25) is 23.6 Å². The van der Waals surface area contributed by atoms with Gasteiger partial charge in [0.05, 0.1) is 87.7 Å². The standard InChI is InChI=1S/C50H74N2O9/c1-4-6-8-9-10-11-12-13-14-15-16-17-18-23-31-51-47(53)43-39(26-20-7-5-2)60-41(45(43)48(51)54)29-30-42-46-44(40(61-42)28-27-38-24-21-19-22-25-38)49(55)52(50(46)56)32-33-58-36-37-59-35-34-57-3/h19-22,24-30,39-46H,4-18,23,31-37H2,1-3H3/b26-20-,28-27-,30-29-/t39?,40?,41?,42?,43-,44+,45+,46-/m1/s1. The third-order valence-corrected chi connectivity index (χ3v) is 12.6. The maximum atomic E-state index is 14.0. The lowest BCUT2D eigenvalue weighted by Gasteiger charge is -2.21. The number of amides is 4. The van der Waals surface area contributed by atoms with Gasteiger partial charge in [0.25, 0.3) is 0 Å². The molecule has 4 fully saturated rings. The van der Waals surface area contributed by atoms with Gasteiger partial charge in [0, 0.05) is 13.7 Å². The Labute approximate surface area is 365 Å². The van der Waals surface area contributed by atoms with Crippen molar-refractivity contribution in [2.24, 2.45) is 23.7 Å². The zero-order valence-electron chi connectivity index (χ0n) is 37.3. The Kier molecular flexibility index (Phi) is 21.4. The lowest BCUT2D eigenvalue weighted by Crippen LogP contribution is -2.38. The van der Waals surface area contributed by atoms with Crippen LogP contribution in [0, 0.1) is 23.7 Å². The van der Waals surface area contributed by atoms with Crippen LogP contribution in [0.1, 0.15) is 122 Å². The van der Waals surface area contributed by atoms with E-state index < -0.39 is 48.1 Å². The first-order chi connectivity index (χ1) is 29.9. The van der Waals surface area contributed by atoms with Crippen LogP contribution in [0.15, 0.2) is 60.7 Å². The lowest BCUT2D eigenvalue weighted by atomic mass is 9.87. The van der Waals surface area contributed by atoms with Crippen LogP contribution < -0.4 is 0 Å². The molecule has 0 aromatic heterocycles. The number of methoxy groups -OCH3 is 1. The number of carbonyl (C=O) groups is 4. The van der Waals surface area contributed by atoms with E-state index in [0.29, 0.717) is 33.0 Å². The third-order valence-electron chi connectivity index (χ3n) is 12.6. The predicted octanol–water partition coefficient (Wildman–Crippen LogP) is 8.51. The minimum absolute atomic E-state index is 0.126. The highest BCUT2D eigenvalue weighted by Crippen LogP contribution is 2.44. The highest BCUT2D eigenvalue weighted by molar-refractivity contribution is 6.07. The van der Waals surface area contributed by atoms with Gasteiger partial charge in [-0.05, 0) is 18.4 Å². The SMILES string of the molecule is CCC/C=C\C1OC(/C=C\C2OC(/C=C\c3ccccc3)[C@@H]3C(=O)N(CCOCCOCCOC)C(=O)[C@H]23)[C@@H]2C(=O)N(CCCCCCCCCCCCCCCC)C(=O)[C@H]12. The van der Waals surface area contributed by atoms with Gasteiger partial charge in [0.15, 0.2) is 0 Å². The minimum atomic E-state index is -0.748. The van der Waals surface area contributed by atoms with Crippen molar-refractivity contribution in [1.29, 1.82) is 0 Å². The van der Waals surface area contributed by atoms with Crippen LogP contribution >= 0.6 is 0 Å². The van der Waals surface area contributed by atoms with Crippen molar-refractivity contribution in [2.75, 3.05) is 53.2 Å². The van der Waals surface area contributed by atoms with Crippen molar-refractivity contribution in [3.05, 3.63) is 66.3 Å². The number of nitrogens with zero attached hydrogens (tertiary/aromatic N) is 2. The fraction of sp³-hybridized carbons (Fsp3) is 0.680. The molecular formula is C50H74N2O9. The zero-order chi connectivity index (χ0) is 43.2. The average Bonchev–Trinajstić information content (AvgIpc) is 3.97. The summed E-state index contributed by atoms with van der Waals surface area (Å²) in [7, 11) is 1.61. The predicted molar refractivity (Wildman–Crippen MR) is 237 cm³/mol. The molecule has 0 radical (unpaired) electrons. The molecule has 4 saturated heterocycles. The minimum Gasteiger partial charge on any atom is -0.382 e. The maximum absolute atomic E-state index is 14.0. The first kappa shape index (κ1) is 48.6. The Morgan fingerprint density at radius 3 is 1.46 bits per heavy atom. The highest BCUT2D eigenvalue weighted by Gasteiger charge is 2.60. The van der Waals surface area contributed by atoms with Crippen LogP contribution in [0.25, 0.3) is 6.08 Å². The van der Waals surface area contributed by atoms with Crippen molar-refractivity contribution < 1.29 is 42.9 Å². The Bertz CT molecular complexity index is 1580. The molecule has 0 bridgehead atoms. The molecule has 1 aromatic rings. The molecule has 5 rings (SSSR count). The molecular weight excluding hydrogens is 773 g/mol. The molecule has 11 nitrogen and oxygen atoms in total. The molecule has 338 valence electrons. The Hall–Kier alpha value is -3.48. The Balaban J connectivity index is 1.18. The van der Waals surface area contributed by atoms with E-state index in [4.69, 9.17) is 23.7 Å². The molecule has 0 saturated carbocycles. The van der Waals surface area contributed by atoms with E-state index in [-0.39, 0.29) is 36.8 Å². The monoisotopic (exact) mass is 847 g/mol. The van der Waals surface area contributed by atoms with Crippen LogP contribution in [0.4, 0.5) is 0 Å².